The fourth-order valence-corrected chi connectivity index (χ4v) is 4.12. The molecule has 0 atom stereocenters. The molecule has 0 saturated carbocycles. The van der Waals surface area contributed by atoms with E-state index in [4.69, 9.17) is 5.73 Å². The number of nitrogens with two attached hydrogens (primary N) is 1. The van der Waals surface area contributed by atoms with Gasteiger partial charge in [-0.1, -0.05) is 26.0 Å². The van der Waals surface area contributed by atoms with Gasteiger partial charge in [0.05, 0.1) is 5.75 Å². The predicted octanol–water partition coefficient (Wildman–Crippen LogP) is 2.72. The summed E-state index contributed by atoms with van der Waals surface area (Å²) in [5, 5.41) is 0. The summed E-state index contributed by atoms with van der Waals surface area (Å²) in [6.07, 6.45) is 1.92. The number of thioether (sulfide) groups is 1. The van der Waals surface area contributed by atoms with Gasteiger partial charge in [-0.3, -0.25) is 0 Å². The predicted molar refractivity (Wildman–Crippen MR) is 87.4 cm³/mol. The number of benzene rings is 1. The lowest BCUT2D eigenvalue weighted by Gasteiger charge is -2.08. The Kier molecular flexibility index (Phi) is 7.40. The second-order valence-corrected chi connectivity index (χ2v) is 8.20. The van der Waals surface area contributed by atoms with E-state index in [9.17, 15) is 8.42 Å². The maximum absolute atomic E-state index is 11.8. The number of nitrogen functional groups attached to an aromatic ring is 1. The van der Waals surface area contributed by atoms with E-state index >= 15 is 0 Å². The van der Waals surface area contributed by atoms with Gasteiger partial charge < -0.3 is 5.73 Å². The number of sulfonamides is 1. The fraction of sp³-hybridized carbons (Fsp3) is 0.571. The number of anilines is 1. The third-order valence-corrected chi connectivity index (χ3v) is 5.54. The van der Waals surface area contributed by atoms with Gasteiger partial charge >= 0.3 is 0 Å². The SMILES string of the molecule is CC(C)CCCNS(=O)(=O)CCSc1ccccc1N. The second kappa shape index (κ2) is 8.54. The monoisotopic (exact) mass is 316 g/mol. The molecule has 0 bridgehead atoms. The van der Waals surface area contributed by atoms with Crippen molar-refractivity contribution in [3.8, 4) is 0 Å². The normalized spacial score (nSPS) is 11.9. The molecule has 0 spiro atoms. The smallest absolute Gasteiger partial charge is 0.212 e. The molecular weight excluding hydrogens is 292 g/mol. The number of rotatable bonds is 9. The molecule has 1 rings (SSSR count). The minimum absolute atomic E-state index is 0.119. The molecule has 1 aromatic carbocycles. The minimum Gasteiger partial charge on any atom is -0.398 e. The highest BCUT2D eigenvalue weighted by Crippen LogP contribution is 2.24. The lowest BCUT2D eigenvalue weighted by Crippen LogP contribution is -2.28. The van der Waals surface area contributed by atoms with Crippen molar-refractivity contribution >= 4 is 27.5 Å². The molecular formula is C14H24N2O2S2. The molecule has 3 N–H and O–H groups in total. The summed E-state index contributed by atoms with van der Waals surface area (Å²) in [6.45, 7) is 4.80. The molecule has 0 amide bonds. The zero-order chi connectivity index (χ0) is 15.0. The van der Waals surface area contributed by atoms with Crippen LogP contribution in [0, 0.1) is 5.92 Å². The van der Waals surface area contributed by atoms with Gasteiger partial charge in [0.2, 0.25) is 10.0 Å². The maximum Gasteiger partial charge on any atom is 0.212 e. The quantitative estimate of drug-likeness (QED) is 0.417. The zero-order valence-electron chi connectivity index (χ0n) is 12.1. The van der Waals surface area contributed by atoms with Crippen LogP contribution in [-0.2, 0) is 10.0 Å². The van der Waals surface area contributed by atoms with Crippen molar-refractivity contribution in [3.63, 3.8) is 0 Å². The van der Waals surface area contributed by atoms with E-state index in [-0.39, 0.29) is 5.75 Å². The number of hydrogen-bond acceptors (Lipinski definition) is 4. The van der Waals surface area contributed by atoms with Crippen molar-refractivity contribution in [2.24, 2.45) is 5.92 Å². The zero-order valence-corrected chi connectivity index (χ0v) is 13.8. The molecule has 0 fully saturated rings. The highest BCUT2D eigenvalue weighted by atomic mass is 32.2. The summed E-state index contributed by atoms with van der Waals surface area (Å²) in [5.74, 6) is 1.23. The van der Waals surface area contributed by atoms with Gasteiger partial charge in [-0.05, 0) is 30.9 Å². The van der Waals surface area contributed by atoms with E-state index in [1.807, 2.05) is 24.3 Å². The van der Waals surface area contributed by atoms with Gasteiger partial charge in [0.15, 0.2) is 0 Å². The molecule has 0 aromatic heterocycles. The first-order valence-electron chi connectivity index (χ1n) is 6.85. The first-order chi connectivity index (χ1) is 9.41. The highest BCUT2D eigenvalue weighted by Gasteiger charge is 2.10. The Morgan fingerprint density at radius 1 is 1.30 bits per heavy atom. The summed E-state index contributed by atoms with van der Waals surface area (Å²) < 4.78 is 26.2. The molecule has 0 aliphatic heterocycles. The number of para-hydroxylation sites is 1. The van der Waals surface area contributed by atoms with Crippen LogP contribution in [0.25, 0.3) is 0 Å². The van der Waals surface area contributed by atoms with Crippen molar-refractivity contribution in [2.45, 2.75) is 31.6 Å². The van der Waals surface area contributed by atoms with Gasteiger partial charge in [0.25, 0.3) is 0 Å². The van der Waals surface area contributed by atoms with E-state index < -0.39 is 10.0 Å². The first kappa shape index (κ1) is 17.3. The summed E-state index contributed by atoms with van der Waals surface area (Å²) in [4.78, 5) is 0.933. The Hall–Kier alpha value is -0.720. The third kappa shape index (κ3) is 7.17. The van der Waals surface area contributed by atoms with Crippen molar-refractivity contribution < 1.29 is 8.42 Å². The van der Waals surface area contributed by atoms with Gasteiger partial charge in [-0.2, -0.15) is 0 Å². The average Bonchev–Trinajstić information content (AvgIpc) is 2.37. The van der Waals surface area contributed by atoms with Crippen LogP contribution in [0.4, 0.5) is 5.69 Å². The summed E-state index contributed by atoms with van der Waals surface area (Å²) in [6, 6.07) is 7.49. The summed E-state index contributed by atoms with van der Waals surface area (Å²) in [5.41, 5.74) is 6.51. The number of nitrogens with one attached hydrogen (secondary N) is 1. The summed E-state index contributed by atoms with van der Waals surface area (Å²) >= 11 is 1.47. The molecule has 0 aliphatic rings. The Morgan fingerprint density at radius 2 is 2.00 bits per heavy atom. The lowest BCUT2D eigenvalue weighted by molar-refractivity contribution is 0.540. The molecule has 0 radical (unpaired) electrons. The highest BCUT2D eigenvalue weighted by molar-refractivity contribution is 8.00. The first-order valence-corrected chi connectivity index (χ1v) is 9.49. The van der Waals surface area contributed by atoms with E-state index in [2.05, 4.69) is 18.6 Å². The Bertz CT molecular complexity index is 502. The molecule has 1 aromatic rings. The van der Waals surface area contributed by atoms with Crippen molar-refractivity contribution in [2.75, 3.05) is 23.8 Å². The molecule has 0 heterocycles. The van der Waals surface area contributed by atoms with Crippen LogP contribution >= 0.6 is 11.8 Å². The topological polar surface area (TPSA) is 72.2 Å². The standard InChI is InChI=1S/C14H24N2O2S2/c1-12(2)6-5-9-16-20(17,18)11-10-19-14-8-4-3-7-13(14)15/h3-4,7-8,12,16H,5-6,9-11,15H2,1-2H3. The molecule has 4 nitrogen and oxygen atoms in total. The Balaban J connectivity index is 2.28. The van der Waals surface area contributed by atoms with E-state index in [0.717, 1.165) is 17.7 Å². The van der Waals surface area contributed by atoms with Crippen LogP contribution in [0.3, 0.4) is 0 Å². The molecule has 114 valence electrons. The minimum atomic E-state index is -3.17. The summed E-state index contributed by atoms with van der Waals surface area (Å²) in [7, 11) is -3.17. The lowest BCUT2D eigenvalue weighted by atomic mass is 10.1. The molecule has 0 unspecified atom stereocenters. The van der Waals surface area contributed by atoms with Gasteiger partial charge in [-0.15, -0.1) is 11.8 Å². The van der Waals surface area contributed by atoms with Crippen molar-refractivity contribution in [3.05, 3.63) is 24.3 Å². The Morgan fingerprint density at radius 3 is 2.65 bits per heavy atom. The van der Waals surface area contributed by atoms with Crippen molar-refractivity contribution in [1.29, 1.82) is 0 Å². The fourth-order valence-electron chi connectivity index (χ4n) is 1.68. The van der Waals surface area contributed by atoms with Gasteiger partial charge in [0.1, 0.15) is 0 Å². The van der Waals surface area contributed by atoms with E-state index in [1.54, 1.807) is 0 Å². The Labute approximate surface area is 126 Å². The van der Waals surface area contributed by atoms with E-state index in [1.165, 1.54) is 11.8 Å². The molecule has 20 heavy (non-hydrogen) atoms. The van der Waals surface area contributed by atoms with Crippen LogP contribution in [0.15, 0.2) is 29.2 Å². The molecule has 0 saturated heterocycles. The average molecular weight is 316 g/mol. The van der Waals surface area contributed by atoms with E-state index in [0.29, 0.717) is 23.9 Å². The second-order valence-electron chi connectivity index (χ2n) is 5.14. The maximum atomic E-state index is 11.8. The number of hydrogen-bond donors (Lipinski definition) is 2. The van der Waals surface area contributed by atoms with Crippen LogP contribution in [0.1, 0.15) is 26.7 Å². The third-order valence-electron chi connectivity index (χ3n) is 2.81. The van der Waals surface area contributed by atoms with Gasteiger partial charge in [0, 0.05) is 22.9 Å². The van der Waals surface area contributed by atoms with Crippen LogP contribution in [-0.4, -0.2) is 26.5 Å². The largest absolute Gasteiger partial charge is 0.398 e. The van der Waals surface area contributed by atoms with Crippen molar-refractivity contribution in [1.82, 2.24) is 4.72 Å². The molecule has 6 heteroatoms. The van der Waals surface area contributed by atoms with Gasteiger partial charge in [-0.25, -0.2) is 13.1 Å². The van der Waals surface area contributed by atoms with Crippen LogP contribution in [0.5, 0.6) is 0 Å². The van der Waals surface area contributed by atoms with Crippen LogP contribution in [0.2, 0.25) is 0 Å². The molecule has 0 aliphatic carbocycles. The van der Waals surface area contributed by atoms with Crippen LogP contribution < -0.4 is 10.5 Å².